The Balaban J connectivity index is 2.35. The van der Waals surface area contributed by atoms with Crippen LogP contribution in [0.1, 0.15) is 30.8 Å². The molecular weight excluding hydrogens is 232 g/mol. The number of aromatic nitrogens is 2. The number of carboxylic acid groups (broad SMARTS) is 1. The van der Waals surface area contributed by atoms with E-state index in [0.717, 1.165) is 32.6 Å². The summed E-state index contributed by atoms with van der Waals surface area (Å²) in [6, 6.07) is 1.38. The van der Waals surface area contributed by atoms with Gasteiger partial charge in [0.25, 0.3) is 0 Å². The van der Waals surface area contributed by atoms with E-state index >= 15 is 0 Å². The summed E-state index contributed by atoms with van der Waals surface area (Å²) in [5.41, 5.74) is 0.0104. The second-order valence-corrected chi connectivity index (χ2v) is 3.88. The predicted octanol–water partition coefficient (Wildman–Crippen LogP) is 1.32. The minimum atomic E-state index is -1.04. The summed E-state index contributed by atoms with van der Waals surface area (Å²) >= 11 is 0. The van der Waals surface area contributed by atoms with Crippen molar-refractivity contribution in [1.82, 2.24) is 14.9 Å². The number of hydrogen-bond acceptors (Lipinski definition) is 5. The van der Waals surface area contributed by atoms with Gasteiger partial charge in [0.2, 0.25) is 5.95 Å². The van der Waals surface area contributed by atoms with Crippen LogP contribution in [0, 0.1) is 0 Å². The summed E-state index contributed by atoms with van der Waals surface area (Å²) in [6.45, 7) is 8.11. The number of hydrogen-bond donors (Lipinski definition) is 2. The minimum absolute atomic E-state index is 0.0104. The summed E-state index contributed by atoms with van der Waals surface area (Å²) in [7, 11) is 0. The van der Waals surface area contributed by atoms with E-state index in [1.165, 1.54) is 12.3 Å². The molecular formula is C12H20N4O2. The molecule has 0 fully saturated rings. The summed E-state index contributed by atoms with van der Waals surface area (Å²) in [6.07, 6.45) is 2.42. The van der Waals surface area contributed by atoms with Crippen molar-refractivity contribution in [3.63, 3.8) is 0 Å². The first kappa shape index (κ1) is 14.4. The normalized spacial score (nSPS) is 10.6. The van der Waals surface area contributed by atoms with Gasteiger partial charge in [0.1, 0.15) is 0 Å². The Morgan fingerprint density at radius 2 is 2.17 bits per heavy atom. The SMILES string of the molecule is CCN(CC)CCCNc1nccc(C(=O)O)n1. The molecule has 0 unspecified atom stereocenters. The summed E-state index contributed by atoms with van der Waals surface area (Å²) in [4.78, 5) is 20.9. The Morgan fingerprint density at radius 3 is 2.78 bits per heavy atom. The molecule has 6 nitrogen and oxygen atoms in total. The maximum Gasteiger partial charge on any atom is 0.354 e. The van der Waals surface area contributed by atoms with E-state index < -0.39 is 5.97 Å². The highest BCUT2D eigenvalue weighted by atomic mass is 16.4. The number of carbonyl (C=O) groups is 1. The van der Waals surface area contributed by atoms with Gasteiger partial charge in [0, 0.05) is 12.7 Å². The molecule has 0 aliphatic heterocycles. The van der Waals surface area contributed by atoms with E-state index in [1.54, 1.807) is 0 Å². The van der Waals surface area contributed by atoms with Crippen LogP contribution in [0.3, 0.4) is 0 Å². The lowest BCUT2D eigenvalue weighted by molar-refractivity contribution is 0.0690. The van der Waals surface area contributed by atoms with Gasteiger partial charge in [0.05, 0.1) is 0 Å². The van der Waals surface area contributed by atoms with Crippen LogP contribution in [-0.2, 0) is 0 Å². The van der Waals surface area contributed by atoms with Gasteiger partial charge in [-0.2, -0.15) is 0 Å². The van der Waals surface area contributed by atoms with Gasteiger partial charge in [-0.3, -0.25) is 0 Å². The van der Waals surface area contributed by atoms with Gasteiger partial charge in [-0.1, -0.05) is 13.8 Å². The number of rotatable bonds is 8. The monoisotopic (exact) mass is 252 g/mol. The van der Waals surface area contributed by atoms with Crippen LogP contribution in [0.15, 0.2) is 12.3 Å². The molecule has 1 aromatic heterocycles. The molecule has 0 aliphatic rings. The van der Waals surface area contributed by atoms with Gasteiger partial charge >= 0.3 is 5.97 Å². The van der Waals surface area contributed by atoms with E-state index in [2.05, 4.69) is 34.0 Å². The molecule has 1 aromatic rings. The van der Waals surface area contributed by atoms with Crippen LogP contribution in [0.4, 0.5) is 5.95 Å². The van der Waals surface area contributed by atoms with Gasteiger partial charge in [0.15, 0.2) is 5.69 Å². The fourth-order valence-electron chi connectivity index (χ4n) is 1.61. The largest absolute Gasteiger partial charge is 0.477 e. The topological polar surface area (TPSA) is 78.4 Å². The lowest BCUT2D eigenvalue weighted by atomic mass is 10.3. The zero-order valence-corrected chi connectivity index (χ0v) is 10.9. The fourth-order valence-corrected chi connectivity index (χ4v) is 1.61. The second-order valence-electron chi connectivity index (χ2n) is 3.88. The summed E-state index contributed by atoms with van der Waals surface area (Å²) in [5, 5.41) is 11.8. The molecule has 0 radical (unpaired) electrons. The maximum atomic E-state index is 10.7. The Labute approximate surface area is 107 Å². The zero-order valence-electron chi connectivity index (χ0n) is 10.9. The Morgan fingerprint density at radius 1 is 1.44 bits per heavy atom. The maximum absolute atomic E-state index is 10.7. The Hall–Kier alpha value is -1.69. The third-order valence-electron chi connectivity index (χ3n) is 2.70. The number of anilines is 1. The van der Waals surface area contributed by atoms with Crippen molar-refractivity contribution in [1.29, 1.82) is 0 Å². The van der Waals surface area contributed by atoms with Crippen molar-refractivity contribution in [3.8, 4) is 0 Å². The van der Waals surface area contributed by atoms with Crippen molar-refractivity contribution >= 4 is 11.9 Å². The molecule has 0 saturated heterocycles. The fraction of sp³-hybridized carbons (Fsp3) is 0.583. The smallest absolute Gasteiger partial charge is 0.354 e. The molecule has 0 saturated carbocycles. The molecule has 0 bridgehead atoms. The molecule has 100 valence electrons. The first-order valence-electron chi connectivity index (χ1n) is 6.20. The van der Waals surface area contributed by atoms with Crippen LogP contribution in [0.5, 0.6) is 0 Å². The first-order chi connectivity index (χ1) is 8.67. The molecule has 18 heavy (non-hydrogen) atoms. The second kappa shape index (κ2) is 7.60. The van der Waals surface area contributed by atoms with Crippen LogP contribution in [0.2, 0.25) is 0 Å². The molecule has 0 atom stereocenters. The van der Waals surface area contributed by atoms with Crippen LogP contribution >= 0.6 is 0 Å². The van der Waals surface area contributed by atoms with Crippen LogP contribution < -0.4 is 5.32 Å². The van der Waals surface area contributed by atoms with Crippen LogP contribution in [0.25, 0.3) is 0 Å². The third kappa shape index (κ3) is 4.67. The first-order valence-corrected chi connectivity index (χ1v) is 6.20. The van der Waals surface area contributed by atoms with Crippen LogP contribution in [-0.4, -0.2) is 52.1 Å². The quantitative estimate of drug-likeness (QED) is 0.679. The van der Waals surface area contributed by atoms with E-state index in [4.69, 9.17) is 5.11 Å². The highest BCUT2D eigenvalue weighted by Crippen LogP contribution is 2.00. The van der Waals surface area contributed by atoms with E-state index in [0.29, 0.717) is 5.95 Å². The molecule has 1 rings (SSSR count). The summed E-state index contributed by atoms with van der Waals surface area (Å²) in [5.74, 6) is -0.668. The van der Waals surface area contributed by atoms with Crippen molar-refractivity contribution in [2.24, 2.45) is 0 Å². The number of nitrogens with one attached hydrogen (secondary N) is 1. The standard InChI is InChI=1S/C12H20N4O2/c1-3-16(4-2)9-5-7-13-12-14-8-6-10(15-12)11(17)18/h6,8H,3-5,7,9H2,1-2H3,(H,17,18)(H,13,14,15). The minimum Gasteiger partial charge on any atom is -0.477 e. The Bertz CT molecular complexity index is 380. The molecule has 0 spiro atoms. The average molecular weight is 252 g/mol. The predicted molar refractivity (Wildman–Crippen MR) is 69.9 cm³/mol. The van der Waals surface area contributed by atoms with E-state index in [1.807, 2.05) is 0 Å². The zero-order chi connectivity index (χ0) is 13.4. The van der Waals surface area contributed by atoms with Gasteiger partial charge in [-0.25, -0.2) is 14.8 Å². The average Bonchev–Trinajstić information content (AvgIpc) is 2.39. The van der Waals surface area contributed by atoms with Gasteiger partial charge < -0.3 is 15.3 Å². The lowest BCUT2D eigenvalue weighted by Gasteiger charge is -2.17. The molecule has 0 aliphatic carbocycles. The molecule has 2 N–H and O–H groups in total. The number of carboxylic acids is 1. The highest BCUT2D eigenvalue weighted by Gasteiger charge is 2.05. The number of aromatic carboxylic acids is 1. The van der Waals surface area contributed by atoms with Gasteiger partial charge in [-0.05, 0) is 32.1 Å². The van der Waals surface area contributed by atoms with E-state index in [-0.39, 0.29) is 5.69 Å². The highest BCUT2D eigenvalue weighted by molar-refractivity contribution is 5.85. The molecule has 0 aromatic carbocycles. The molecule has 6 heteroatoms. The van der Waals surface area contributed by atoms with E-state index in [9.17, 15) is 4.79 Å². The third-order valence-corrected chi connectivity index (χ3v) is 2.70. The van der Waals surface area contributed by atoms with Gasteiger partial charge in [-0.15, -0.1) is 0 Å². The van der Waals surface area contributed by atoms with Crippen molar-refractivity contribution in [2.75, 3.05) is 31.5 Å². The lowest BCUT2D eigenvalue weighted by Crippen LogP contribution is -2.25. The van der Waals surface area contributed by atoms with Crippen molar-refractivity contribution < 1.29 is 9.90 Å². The van der Waals surface area contributed by atoms with Crippen molar-refractivity contribution in [3.05, 3.63) is 18.0 Å². The van der Waals surface area contributed by atoms with Crippen molar-refractivity contribution in [2.45, 2.75) is 20.3 Å². The summed E-state index contributed by atoms with van der Waals surface area (Å²) < 4.78 is 0. The molecule has 1 heterocycles. The Kier molecular flexibility index (Phi) is 6.07. The molecule has 0 amide bonds. The number of nitrogens with zero attached hydrogens (tertiary/aromatic N) is 3.